The van der Waals surface area contributed by atoms with Gasteiger partial charge in [-0.2, -0.15) is 8.78 Å². The molecule has 1 saturated carbocycles. The molecule has 0 aromatic heterocycles. The molecular weight excluding hydrogens is 278 g/mol. The Morgan fingerprint density at radius 3 is 2.81 bits per heavy atom. The van der Waals surface area contributed by atoms with E-state index in [0.717, 1.165) is 18.4 Å². The standard InChI is InChI=1S/C15H20F2N2O2/c1-9(19-14(20)11-5-6-12(18)7-11)10-3-2-4-13(8-10)21-15(16)17/h2-4,8-9,11-12,15H,5-7,18H2,1H3,(H,19,20). The molecule has 0 saturated heterocycles. The maximum absolute atomic E-state index is 12.2. The van der Waals surface area contributed by atoms with E-state index in [0.29, 0.717) is 6.42 Å². The Hall–Kier alpha value is -1.69. The smallest absolute Gasteiger partial charge is 0.387 e. The van der Waals surface area contributed by atoms with Gasteiger partial charge < -0.3 is 15.8 Å². The fraction of sp³-hybridized carbons (Fsp3) is 0.533. The topological polar surface area (TPSA) is 64.4 Å². The van der Waals surface area contributed by atoms with Crippen LogP contribution in [0, 0.1) is 5.92 Å². The third kappa shape index (κ3) is 4.39. The number of benzene rings is 1. The maximum Gasteiger partial charge on any atom is 0.387 e. The highest BCUT2D eigenvalue weighted by atomic mass is 19.3. The molecule has 0 heterocycles. The van der Waals surface area contributed by atoms with Crippen molar-refractivity contribution in [2.24, 2.45) is 11.7 Å². The van der Waals surface area contributed by atoms with E-state index in [4.69, 9.17) is 5.73 Å². The minimum absolute atomic E-state index is 0.0318. The Bertz CT molecular complexity index is 496. The first-order chi connectivity index (χ1) is 9.95. The Morgan fingerprint density at radius 2 is 2.19 bits per heavy atom. The zero-order chi connectivity index (χ0) is 15.4. The summed E-state index contributed by atoms with van der Waals surface area (Å²) in [5, 5.41) is 2.90. The number of carbonyl (C=O) groups is 1. The highest BCUT2D eigenvalue weighted by Crippen LogP contribution is 2.26. The lowest BCUT2D eigenvalue weighted by atomic mass is 10.0. The van der Waals surface area contributed by atoms with Gasteiger partial charge in [0, 0.05) is 12.0 Å². The Labute approximate surface area is 122 Å². The highest BCUT2D eigenvalue weighted by Gasteiger charge is 2.28. The monoisotopic (exact) mass is 298 g/mol. The van der Waals surface area contributed by atoms with Gasteiger partial charge in [0.25, 0.3) is 0 Å². The van der Waals surface area contributed by atoms with E-state index in [-0.39, 0.29) is 29.7 Å². The van der Waals surface area contributed by atoms with Crippen LogP contribution < -0.4 is 15.8 Å². The summed E-state index contributed by atoms with van der Waals surface area (Å²) in [6.07, 6.45) is 2.37. The van der Waals surface area contributed by atoms with Gasteiger partial charge in [-0.3, -0.25) is 4.79 Å². The third-order valence-electron chi connectivity index (χ3n) is 3.79. The molecule has 6 heteroatoms. The zero-order valence-corrected chi connectivity index (χ0v) is 11.9. The van der Waals surface area contributed by atoms with Gasteiger partial charge in [-0.25, -0.2) is 0 Å². The van der Waals surface area contributed by atoms with Crippen molar-refractivity contribution in [1.29, 1.82) is 0 Å². The van der Waals surface area contributed by atoms with Crippen LogP contribution in [-0.2, 0) is 4.79 Å². The normalized spacial score (nSPS) is 23.1. The van der Waals surface area contributed by atoms with Gasteiger partial charge in [0.15, 0.2) is 0 Å². The van der Waals surface area contributed by atoms with Gasteiger partial charge in [0.1, 0.15) is 5.75 Å². The predicted octanol–water partition coefficient (Wildman–Crippen LogP) is 2.59. The first-order valence-electron chi connectivity index (χ1n) is 7.06. The van der Waals surface area contributed by atoms with Gasteiger partial charge >= 0.3 is 6.61 Å². The maximum atomic E-state index is 12.2. The van der Waals surface area contributed by atoms with Gasteiger partial charge in [-0.05, 0) is 43.9 Å². The lowest BCUT2D eigenvalue weighted by Crippen LogP contribution is -2.32. The second kappa shape index (κ2) is 6.85. The van der Waals surface area contributed by atoms with Crippen LogP contribution in [0.2, 0.25) is 0 Å². The van der Waals surface area contributed by atoms with Crippen LogP contribution in [0.4, 0.5) is 8.78 Å². The van der Waals surface area contributed by atoms with Crippen LogP contribution in [0.1, 0.15) is 37.8 Å². The van der Waals surface area contributed by atoms with E-state index in [1.807, 2.05) is 6.92 Å². The number of nitrogens with two attached hydrogens (primary N) is 1. The molecule has 1 fully saturated rings. The average Bonchev–Trinajstić information content (AvgIpc) is 2.85. The molecule has 1 aliphatic rings. The van der Waals surface area contributed by atoms with Crippen LogP contribution in [0.15, 0.2) is 24.3 Å². The molecule has 1 aromatic carbocycles. The minimum atomic E-state index is -2.86. The summed E-state index contributed by atoms with van der Waals surface area (Å²) in [5.41, 5.74) is 6.53. The number of halogens is 2. The van der Waals surface area contributed by atoms with Crippen LogP contribution in [0.25, 0.3) is 0 Å². The Morgan fingerprint density at radius 1 is 1.43 bits per heavy atom. The Balaban J connectivity index is 1.96. The molecular formula is C15H20F2N2O2. The summed E-state index contributed by atoms with van der Waals surface area (Å²) in [6.45, 7) is -1.04. The average molecular weight is 298 g/mol. The van der Waals surface area contributed by atoms with E-state index >= 15 is 0 Å². The molecule has 0 bridgehead atoms. The SMILES string of the molecule is CC(NC(=O)C1CCC(N)C1)c1cccc(OC(F)F)c1. The van der Waals surface area contributed by atoms with Crippen LogP contribution in [-0.4, -0.2) is 18.6 Å². The van der Waals surface area contributed by atoms with Crippen LogP contribution >= 0.6 is 0 Å². The number of hydrogen-bond acceptors (Lipinski definition) is 3. The number of carbonyl (C=O) groups excluding carboxylic acids is 1. The quantitative estimate of drug-likeness (QED) is 0.878. The van der Waals surface area contributed by atoms with E-state index in [1.165, 1.54) is 12.1 Å². The van der Waals surface area contributed by atoms with Gasteiger partial charge in [-0.15, -0.1) is 0 Å². The number of ether oxygens (including phenoxy) is 1. The molecule has 116 valence electrons. The zero-order valence-electron chi connectivity index (χ0n) is 11.9. The summed E-state index contributed by atoms with van der Waals surface area (Å²) in [5.74, 6) is 0.00469. The summed E-state index contributed by atoms with van der Waals surface area (Å²) < 4.78 is 28.8. The molecule has 0 radical (unpaired) electrons. The van der Waals surface area contributed by atoms with Gasteiger partial charge in [0.05, 0.1) is 6.04 Å². The van der Waals surface area contributed by atoms with Crippen LogP contribution in [0.5, 0.6) is 5.75 Å². The first kappa shape index (κ1) is 15.7. The molecule has 3 atom stereocenters. The number of hydrogen-bond donors (Lipinski definition) is 2. The van der Waals surface area contributed by atoms with Crippen molar-refractivity contribution in [1.82, 2.24) is 5.32 Å². The van der Waals surface area contributed by atoms with E-state index in [9.17, 15) is 13.6 Å². The molecule has 0 aliphatic heterocycles. The summed E-state index contributed by atoms with van der Waals surface area (Å²) in [7, 11) is 0. The molecule has 1 aromatic rings. The largest absolute Gasteiger partial charge is 0.435 e. The second-order valence-electron chi connectivity index (χ2n) is 5.45. The van der Waals surface area contributed by atoms with Crippen molar-refractivity contribution in [2.75, 3.05) is 0 Å². The Kier molecular flexibility index (Phi) is 5.12. The van der Waals surface area contributed by atoms with Crippen molar-refractivity contribution < 1.29 is 18.3 Å². The molecule has 1 aliphatic carbocycles. The van der Waals surface area contributed by atoms with Gasteiger partial charge in [-0.1, -0.05) is 12.1 Å². The van der Waals surface area contributed by atoms with Crippen molar-refractivity contribution in [3.63, 3.8) is 0 Å². The van der Waals surface area contributed by atoms with Crippen molar-refractivity contribution in [3.05, 3.63) is 29.8 Å². The molecule has 21 heavy (non-hydrogen) atoms. The van der Waals surface area contributed by atoms with E-state index < -0.39 is 6.61 Å². The molecule has 1 amide bonds. The second-order valence-corrected chi connectivity index (χ2v) is 5.45. The highest BCUT2D eigenvalue weighted by molar-refractivity contribution is 5.79. The molecule has 3 N–H and O–H groups in total. The van der Waals surface area contributed by atoms with Gasteiger partial charge in [0.2, 0.25) is 5.91 Å². The summed E-state index contributed by atoms with van der Waals surface area (Å²) in [4.78, 5) is 12.1. The lowest BCUT2D eigenvalue weighted by Gasteiger charge is -2.18. The van der Waals surface area contributed by atoms with Crippen LogP contribution in [0.3, 0.4) is 0 Å². The number of alkyl halides is 2. The molecule has 4 nitrogen and oxygen atoms in total. The number of rotatable bonds is 5. The number of amides is 1. The summed E-state index contributed by atoms with van der Waals surface area (Å²) >= 11 is 0. The fourth-order valence-electron chi connectivity index (χ4n) is 2.63. The lowest BCUT2D eigenvalue weighted by molar-refractivity contribution is -0.125. The van der Waals surface area contributed by atoms with E-state index in [1.54, 1.807) is 12.1 Å². The number of nitrogens with one attached hydrogen (secondary N) is 1. The molecule has 2 rings (SSSR count). The molecule has 0 spiro atoms. The van der Waals surface area contributed by atoms with Crippen molar-refractivity contribution in [2.45, 2.75) is 44.9 Å². The fourth-order valence-corrected chi connectivity index (χ4v) is 2.63. The first-order valence-corrected chi connectivity index (χ1v) is 7.06. The predicted molar refractivity (Wildman–Crippen MR) is 74.9 cm³/mol. The molecule has 3 unspecified atom stereocenters. The minimum Gasteiger partial charge on any atom is -0.435 e. The van der Waals surface area contributed by atoms with E-state index in [2.05, 4.69) is 10.1 Å². The third-order valence-corrected chi connectivity index (χ3v) is 3.79. The van der Waals surface area contributed by atoms with Crippen molar-refractivity contribution >= 4 is 5.91 Å². The summed E-state index contributed by atoms with van der Waals surface area (Å²) in [6, 6.07) is 6.19. The van der Waals surface area contributed by atoms with Crippen molar-refractivity contribution in [3.8, 4) is 5.75 Å².